The van der Waals surface area contributed by atoms with E-state index in [2.05, 4.69) is 0 Å². The Morgan fingerprint density at radius 3 is 2.24 bits per heavy atom. The van der Waals surface area contributed by atoms with E-state index in [-0.39, 0.29) is 0 Å². The number of hydrogen-bond donors (Lipinski definition) is 0. The van der Waals surface area contributed by atoms with Crippen molar-refractivity contribution in [3.8, 4) is 0 Å². The summed E-state index contributed by atoms with van der Waals surface area (Å²) in [7, 11) is -2.81. The van der Waals surface area contributed by atoms with Crippen molar-refractivity contribution < 1.29 is 13.6 Å². The fourth-order valence-corrected chi connectivity index (χ4v) is 5.56. The molecule has 0 unspecified atom stereocenters. The second-order valence-corrected chi connectivity index (χ2v) is 7.89. The first-order chi connectivity index (χ1) is 8.20. The van der Waals surface area contributed by atoms with Gasteiger partial charge in [0.1, 0.15) is 0 Å². The van der Waals surface area contributed by atoms with Crippen molar-refractivity contribution in [2.45, 2.75) is 51.2 Å². The van der Waals surface area contributed by atoms with Gasteiger partial charge in [0.05, 0.1) is 19.4 Å². The second-order valence-electron chi connectivity index (χ2n) is 4.30. The molecular weight excluding hydrogens is 255 g/mol. The number of thioether (sulfide) groups is 1. The maximum absolute atomic E-state index is 12.2. The van der Waals surface area contributed by atoms with Gasteiger partial charge in [-0.05, 0) is 26.7 Å². The Kier molecular flexibility index (Phi) is 7.85. The molecule has 0 atom stereocenters. The highest BCUT2D eigenvalue weighted by Gasteiger charge is 2.24. The van der Waals surface area contributed by atoms with Gasteiger partial charge in [-0.15, -0.1) is 0 Å². The predicted octanol–water partition coefficient (Wildman–Crippen LogP) is 4.32. The third-order valence-electron chi connectivity index (χ3n) is 2.92. The molecule has 1 rings (SSSR count). The minimum atomic E-state index is -2.81. The average Bonchev–Trinajstić information content (AvgIpc) is 2.31. The standard InChI is InChI=1S/C12H25O3PS/c1-3-14-16(13,15-4-2)10-11-17-12-8-6-5-7-9-12/h12H,3-11H2,1-2H3. The van der Waals surface area contributed by atoms with Crippen molar-refractivity contribution in [2.24, 2.45) is 0 Å². The maximum Gasteiger partial charge on any atom is 0.331 e. The number of hydrogen-bond acceptors (Lipinski definition) is 4. The van der Waals surface area contributed by atoms with E-state index in [9.17, 15) is 4.57 Å². The van der Waals surface area contributed by atoms with Gasteiger partial charge in [-0.25, -0.2) is 0 Å². The summed E-state index contributed by atoms with van der Waals surface area (Å²) in [6, 6.07) is 0. The molecular formula is C12H25O3PS. The van der Waals surface area contributed by atoms with Gasteiger partial charge >= 0.3 is 7.60 Å². The minimum absolute atomic E-state index is 0.464. The van der Waals surface area contributed by atoms with Crippen molar-refractivity contribution in [3.63, 3.8) is 0 Å². The van der Waals surface area contributed by atoms with E-state index in [1.165, 1.54) is 32.1 Å². The van der Waals surface area contributed by atoms with E-state index in [4.69, 9.17) is 9.05 Å². The summed E-state index contributed by atoms with van der Waals surface area (Å²) in [6.07, 6.45) is 7.28. The molecule has 0 aromatic carbocycles. The highest BCUT2D eigenvalue weighted by molar-refractivity contribution is 8.00. The van der Waals surface area contributed by atoms with Crippen LogP contribution in [-0.4, -0.2) is 30.4 Å². The van der Waals surface area contributed by atoms with Crippen LogP contribution in [0.5, 0.6) is 0 Å². The first kappa shape index (κ1) is 15.6. The molecule has 5 heteroatoms. The lowest BCUT2D eigenvalue weighted by Crippen LogP contribution is -2.10. The Morgan fingerprint density at radius 1 is 1.12 bits per heavy atom. The lowest BCUT2D eigenvalue weighted by molar-refractivity contribution is 0.221. The molecule has 0 N–H and O–H groups in total. The van der Waals surface area contributed by atoms with E-state index in [1.54, 1.807) is 0 Å². The van der Waals surface area contributed by atoms with Crippen LogP contribution in [0.15, 0.2) is 0 Å². The van der Waals surface area contributed by atoms with Gasteiger partial charge in [0.15, 0.2) is 0 Å². The molecule has 0 saturated heterocycles. The van der Waals surface area contributed by atoms with Crippen molar-refractivity contribution in [3.05, 3.63) is 0 Å². The Hall–Kier alpha value is 0.500. The monoisotopic (exact) mass is 280 g/mol. The first-order valence-corrected chi connectivity index (χ1v) is 9.47. The van der Waals surface area contributed by atoms with Crippen LogP contribution in [0.25, 0.3) is 0 Å². The van der Waals surface area contributed by atoms with E-state index < -0.39 is 7.60 Å². The van der Waals surface area contributed by atoms with Crippen LogP contribution in [0.1, 0.15) is 46.0 Å². The van der Waals surface area contributed by atoms with Gasteiger partial charge in [0.25, 0.3) is 0 Å². The van der Waals surface area contributed by atoms with Crippen molar-refractivity contribution in [1.82, 2.24) is 0 Å². The van der Waals surface area contributed by atoms with Gasteiger partial charge in [-0.3, -0.25) is 4.57 Å². The van der Waals surface area contributed by atoms with Crippen LogP contribution in [0.3, 0.4) is 0 Å². The van der Waals surface area contributed by atoms with Crippen LogP contribution >= 0.6 is 19.4 Å². The lowest BCUT2D eigenvalue weighted by atomic mass is 10.0. The highest BCUT2D eigenvalue weighted by Crippen LogP contribution is 2.48. The van der Waals surface area contributed by atoms with E-state index >= 15 is 0 Å². The summed E-state index contributed by atoms with van der Waals surface area (Å²) in [6.45, 7) is 4.65. The van der Waals surface area contributed by atoms with Gasteiger partial charge < -0.3 is 9.05 Å². The smallest absolute Gasteiger partial charge is 0.309 e. The van der Waals surface area contributed by atoms with Crippen molar-refractivity contribution >= 4 is 19.4 Å². The Bertz CT molecular complexity index is 232. The van der Waals surface area contributed by atoms with Gasteiger partial charge in [0.2, 0.25) is 0 Å². The fraction of sp³-hybridized carbons (Fsp3) is 1.00. The Labute approximate surface area is 110 Å². The molecule has 17 heavy (non-hydrogen) atoms. The zero-order valence-corrected chi connectivity index (χ0v) is 12.7. The Balaban J connectivity index is 2.23. The highest BCUT2D eigenvalue weighted by atomic mass is 32.2. The third kappa shape index (κ3) is 6.28. The predicted molar refractivity (Wildman–Crippen MR) is 75.1 cm³/mol. The van der Waals surface area contributed by atoms with Crippen LogP contribution in [0.4, 0.5) is 0 Å². The van der Waals surface area contributed by atoms with Crippen molar-refractivity contribution in [1.29, 1.82) is 0 Å². The van der Waals surface area contributed by atoms with Crippen LogP contribution in [0.2, 0.25) is 0 Å². The largest absolute Gasteiger partial charge is 0.331 e. The third-order valence-corrected chi connectivity index (χ3v) is 6.68. The van der Waals surface area contributed by atoms with Crippen LogP contribution in [-0.2, 0) is 13.6 Å². The molecule has 0 aromatic heterocycles. The first-order valence-electron chi connectivity index (χ1n) is 6.70. The molecule has 1 aliphatic rings. The quantitative estimate of drug-likeness (QED) is 0.620. The van der Waals surface area contributed by atoms with Gasteiger partial charge in [-0.1, -0.05) is 19.3 Å². The fourth-order valence-electron chi connectivity index (χ4n) is 2.12. The molecule has 1 fully saturated rings. The van der Waals surface area contributed by atoms with Crippen LogP contribution in [0, 0.1) is 0 Å². The zero-order chi connectivity index (χ0) is 12.6. The Morgan fingerprint density at radius 2 is 1.71 bits per heavy atom. The molecule has 3 nitrogen and oxygen atoms in total. The molecule has 0 aliphatic heterocycles. The molecule has 0 bridgehead atoms. The topological polar surface area (TPSA) is 35.5 Å². The van der Waals surface area contributed by atoms with E-state index in [0.717, 1.165) is 11.0 Å². The van der Waals surface area contributed by atoms with E-state index in [0.29, 0.717) is 19.4 Å². The van der Waals surface area contributed by atoms with Gasteiger partial charge in [0, 0.05) is 11.0 Å². The summed E-state index contributed by atoms with van der Waals surface area (Å²) in [5, 5.41) is 0.764. The number of rotatable bonds is 8. The van der Waals surface area contributed by atoms with Crippen molar-refractivity contribution in [2.75, 3.05) is 25.1 Å². The molecule has 0 heterocycles. The summed E-state index contributed by atoms with van der Waals surface area (Å²) in [5.41, 5.74) is 0. The summed E-state index contributed by atoms with van der Waals surface area (Å²) in [5.74, 6) is 0.891. The maximum atomic E-state index is 12.2. The SMILES string of the molecule is CCOP(=O)(CCSC1CCCCC1)OCC. The molecule has 0 amide bonds. The second kappa shape index (κ2) is 8.58. The molecule has 0 aromatic rings. The molecule has 0 radical (unpaired) electrons. The molecule has 1 aliphatic carbocycles. The average molecular weight is 280 g/mol. The zero-order valence-electron chi connectivity index (χ0n) is 11.0. The molecule has 0 spiro atoms. The summed E-state index contributed by atoms with van der Waals surface area (Å²) in [4.78, 5) is 0. The van der Waals surface area contributed by atoms with E-state index in [1.807, 2.05) is 25.6 Å². The normalized spacial score (nSPS) is 18.5. The lowest BCUT2D eigenvalue weighted by Gasteiger charge is -2.22. The molecule has 1 saturated carbocycles. The minimum Gasteiger partial charge on any atom is -0.309 e. The van der Waals surface area contributed by atoms with Crippen LogP contribution < -0.4 is 0 Å². The van der Waals surface area contributed by atoms with Gasteiger partial charge in [-0.2, -0.15) is 11.8 Å². The molecule has 102 valence electrons. The summed E-state index contributed by atoms with van der Waals surface area (Å²) >= 11 is 1.94. The summed E-state index contributed by atoms with van der Waals surface area (Å²) < 4.78 is 22.8.